The van der Waals surface area contributed by atoms with E-state index in [4.69, 9.17) is 0 Å². The average Bonchev–Trinajstić information content (AvgIpc) is 2.04. The van der Waals surface area contributed by atoms with Crippen molar-refractivity contribution >= 4 is 39.7 Å². The van der Waals surface area contributed by atoms with Crippen molar-refractivity contribution in [2.45, 2.75) is 11.8 Å². The topological polar surface area (TPSA) is 43.4 Å². The van der Waals surface area contributed by atoms with Crippen LogP contribution >= 0.6 is 0 Å². The fraction of sp³-hybridized carbons (Fsp3) is 0.111. The van der Waals surface area contributed by atoms with Crippen LogP contribution in [-0.4, -0.2) is 38.0 Å². The summed E-state index contributed by atoms with van der Waals surface area (Å²) in [6.07, 6.45) is 0.905. The van der Waals surface area contributed by atoms with E-state index in [1.165, 1.54) is 6.07 Å². The number of hydrogen-bond acceptors (Lipinski definition) is 3. The van der Waals surface area contributed by atoms with Crippen LogP contribution in [-0.2, 0) is 14.3 Å². The average molecular weight is 221 g/mol. The molecule has 1 aromatic carbocycles. The van der Waals surface area contributed by atoms with Gasteiger partial charge in [-0.1, -0.05) is 24.8 Å². The van der Waals surface area contributed by atoms with E-state index in [-0.39, 0.29) is 34.5 Å². The van der Waals surface area contributed by atoms with Gasteiger partial charge >= 0.3 is 10.1 Å². The molecule has 0 aliphatic rings. The van der Waals surface area contributed by atoms with Crippen LogP contribution in [0.3, 0.4) is 0 Å². The SMILES string of the molecule is C=COS(=O)(=O)c1ccccc1C.[Na]. The summed E-state index contributed by atoms with van der Waals surface area (Å²) in [4.78, 5) is 0.176. The van der Waals surface area contributed by atoms with Gasteiger partial charge in [0, 0.05) is 29.6 Å². The molecule has 0 unspecified atom stereocenters. The first-order valence-electron chi connectivity index (χ1n) is 3.68. The first-order valence-corrected chi connectivity index (χ1v) is 5.08. The van der Waals surface area contributed by atoms with Gasteiger partial charge in [-0.05, 0) is 18.6 Å². The molecule has 0 amide bonds. The summed E-state index contributed by atoms with van der Waals surface area (Å²) in [5, 5.41) is 0. The third-order valence-corrected chi connectivity index (χ3v) is 2.94. The summed E-state index contributed by atoms with van der Waals surface area (Å²) in [5.74, 6) is 0. The van der Waals surface area contributed by atoms with E-state index in [2.05, 4.69) is 10.8 Å². The summed E-state index contributed by atoms with van der Waals surface area (Å²) in [6, 6.07) is 6.61. The Morgan fingerprint density at radius 2 is 1.93 bits per heavy atom. The van der Waals surface area contributed by atoms with Gasteiger partial charge in [0.25, 0.3) is 0 Å². The minimum atomic E-state index is -3.66. The van der Waals surface area contributed by atoms with Crippen LogP contribution in [0.5, 0.6) is 0 Å². The molecule has 0 aliphatic carbocycles. The molecule has 5 heteroatoms. The molecule has 0 bridgehead atoms. The fourth-order valence-electron chi connectivity index (χ4n) is 0.978. The third-order valence-electron chi connectivity index (χ3n) is 1.56. The fourth-order valence-corrected chi connectivity index (χ4v) is 1.97. The number of aryl methyl sites for hydroxylation is 1. The molecule has 0 saturated carbocycles. The smallest absolute Gasteiger partial charge is 0.338 e. The molecular weight excluding hydrogens is 211 g/mol. The number of hydrogen-bond donors (Lipinski definition) is 0. The van der Waals surface area contributed by atoms with Crippen molar-refractivity contribution in [2.75, 3.05) is 0 Å². The first-order chi connectivity index (χ1) is 6.08. The van der Waals surface area contributed by atoms with E-state index in [1.807, 2.05) is 0 Å². The second-order valence-corrected chi connectivity index (χ2v) is 4.02. The zero-order valence-corrected chi connectivity index (χ0v) is 11.0. The van der Waals surface area contributed by atoms with E-state index >= 15 is 0 Å². The van der Waals surface area contributed by atoms with Crippen LogP contribution in [0.15, 0.2) is 42.0 Å². The molecule has 71 valence electrons. The summed E-state index contributed by atoms with van der Waals surface area (Å²) < 4.78 is 27.2. The molecule has 0 fully saturated rings. The zero-order valence-electron chi connectivity index (χ0n) is 8.23. The van der Waals surface area contributed by atoms with E-state index < -0.39 is 10.1 Å². The Labute approximate surface area is 106 Å². The maximum absolute atomic E-state index is 11.4. The van der Waals surface area contributed by atoms with Gasteiger partial charge in [-0.3, -0.25) is 0 Å². The monoisotopic (exact) mass is 221 g/mol. The Morgan fingerprint density at radius 3 is 2.43 bits per heavy atom. The number of benzene rings is 1. The van der Waals surface area contributed by atoms with Gasteiger partial charge < -0.3 is 4.18 Å². The van der Waals surface area contributed by atoms with Gasteiger partial charge in [0.15, 0.2) is 0 Å². The Balaban J connectivity index is 0.00000169. The van der Waals surface area contributed by atoms with Gasteiger partial charge in [-0.2, -0.15) is 8.42 Å². The van der Waals surface area contributed by atoms with Gasteiger partial charge in [0.05, 0.1) is 6.26 Å². The molecule has 0 saturated heterocycles. The van der Waals surface area contributed by atoms with Crippen molar-refractivity contribution in [3.63, 3.8) is 0 Å². The van der Waals surface area contributed by atoms with E-state index in [9.17, 15) is 8.42 Å². The second kappa shape index (κ2) is 5.56. The Kier molecular flexibility index (Phi) is 5.44. The largest absolute Gasteiger partial charge is 0.388 e. The molecule has 1 radical (unpaired) electrons. The summed E-state index contributed by atoms with van der Waals surface area (Å²) >= 11 is 0. The molecule has 0 aromatic heterocycles. The van der Waals surface area contributed by atoms with Crippen LogP contribution in [0.4, 0.5) is 0 Å². The van der Waals surface area contributed by atoms with Crippen molar-refractivity contribution in [1.29, 1.82) is 0 Å². The van der Waals surface area contributed by atoms with Crippen molar-refractivity contribution in [1.82, 2.24) is 0 Å². The minimum absolute atomic E-state index is 0. The molecule has 0 heterocycles. The molecule has 14 heavy (non-hydrogen) atoms. The second-order valence-electron chi connectivity index (χ2n) is 2.48. The number of rotatable bonds is 3. The quantitative estimate of drug-likeness (QED) is 0.441. The zero-order chi connectivity index (χ0) is 9.90. The molecule has 0 spiro atoms. The summed E-state index contributed by atoms with van der Waals surface area (Å²) in [5.41, 5.74) is 0.657. The predicted octanol–water partition coefficient (Wildman–Crippen LogP) is 1.46. The van der Waals surface area contributed by atoms with Crippen molar-refractivity contribution < 1.29 is 12.6 Å². The molecule has 0 N–H and O–H groups in total. The molecule has 0 atom stereocenters. The molecule has 1 rings (SSSR count). The van der Waals surface area contributed by atoms with Gasteiger partial charge in [0.2, 0.25) is 0 Å². The van der Waals surface area contributed by atoms with E-state index in [0.717, 1.165) is 6.26 Å². The molecular formula is C9H10NaO3S. The first kappa shape index (κ1) is 13.7. The molecule has 1 aromatic rings. The van der Waals surface area contributed by atoms with Crippen LogP contribution in [0.2, 0.25) is 0 Å². The van der Waals surface area contributed by atoms with Gasteiger partial charge in [-0.25, -0.2) is 0 Å². The van der Waals surface area contributed by atoms with Crippen molar-refractivity contribution in [3.05, 3.63) is 42.7 Å². The Bertz CT molecular complexity index is 412. The minimum Gasteiger partial charge on any atom is -0.388 e. The third kappa shape index (κ3) is 3.13. The standard InChI is InChI=1S/C9H10O3S.Na/c1-3-12-13(10,11)9-7-5-4-6-8(9)2;/h3-7H,1H2,2H3;. The van der Waals surface area contributed by atoms with Crippen LogP contribution in [0, 0.1) is 6.92 Å². The predicted molar refractivity (Wildman–Crippen MR) is 55.4 cm³/mol. The van der Waals surface area contributed by atoms with Crippen LogP contribution in [0.25, 0.3) is 0 Å². The van der Waals surface area contributed by atoms with Gasteiger partial charge in [0.1, 0.15) is 4.90 Å². The van der Waals surface area contributed by atoms with Gasteiger partial charge in [-0.15, -0.1) is 0 Å². The Morgan fingerprint density at radius 1 is 1.36 bits per heavy atom. The summed E-state index contributed by atoms with van der Waals surface area (Å²) in [7, 11) is -3.66. The van der Waals surface area contributed by atoms with Crippen molar-refractivity contribution in [3.8, 4) is 0 Å². The molecule has 3 nitrogen and oxygen atoms in total. The summed E-state index contributed by atoms with van der Waals surface area (Å²) in [6.45, 7) is 4.91. The molecule has 0 aliphatic heterocycles. The van der Waals surface area contributed by atoms with E-state index in [0.29, 0.717) is 5.56 Å². The maximum atomic E-state index is 11.4. The van der Waals surface area contributed by atoms with Crippen molar-refractivity contribution in [2.24, 2.45) is 0 Å². The maximum Gasteiger partial charge on any atom is 0.338 e. The van der Waals surface area contributed by atoms with Crippen LogP contribution < -0.4 is 0 Å². The normalized spacial score (nSPS) is 10.1. The van der Waals surface area contributed by atoms with Crippen LogP contribution in [0.1, 0.15) is 5.56 Å². The van der Waals surface area contributed by atoms with E-state index in [1.54, 1.807) is 25.1 Å². The Hall–Kier alpha value is -0.290.